The minimum Gasteiger partial charge on any atom is -0.347 e. The van der Waals surface area contributed by atoms with Crippen LogP contribution in [-0.2, 0) is 12.7 Å². The van der Waals surface area contributed by atoms with Crippen LogP contribution in [0.15, 0.2) is 48.5 Å². The molecule has 10 heteroatoms. The van der Waals surface area contributed by atoms with Crippen LogP contribution in [0.5, 0.6) is 0 Å². The second-order valence-electron chi connectivity index (χ2n) is 5.91. The molecule has 0 saturated carbocycles. The number of para-hydroxylation sites is 1. The molecule has 1 aromatic heterocycles. The highest BCUT2D eigenvalue weighted by molar-refractivity contribution is 6.33. The molecule has 0 radical (unpaired) electrons. The summed E-state index contributed by atoms with van der Waals surface area (Å²) >= 11 is 6.07. The van der Waals surface area contributed by atoms with Gasteiger partial charge in [-0.25, -0.2) is 9.07 Å². The van der Waals surface area contributed by atoms with E-state index in [-0.39, 0.29) is 28.6 Å². The first-order chi connectivity index (χ1) is 13.7. The SMILES string of the molecule is O=Cc1c(C(=O)NCc2ccc(C(F)(F)F)cc2)nn(-c2ccccc2F)c1Cl. The second kappa shape index (κ2) is 8.04. The number of rotatable bonds is 5. The molecule has 0 unspecified atom stereocenters. The van der Waals surface area contributed by atoms with Gasteiger partial charge in [-0.05, 0) is 29.8 Å². The first kappa shape index (κ1) is 20.5. The van der Waals surface area contributed by atoms with E-state index in [1.165, 1.54) is 30.3 Å². The Labute approximate surface area is 166 Å². The number of carbonyl (C=O) groups excluding carboxylic acids is 2. The Morgan fingerprint density at radius 2 is 1.79 bits per heavy atom. The zero-order valence-electron chi connectivity index (χ0n) is 14.5. The lowest BCUT2D eigenvalue weighted by Crippen LogP contribution is -2.24. The number of carbonyl (C=O) groups is 2. The predicted octanol–water partition coefficient (Wildman–Crippen LogP) is 4.43. The van der Waals surface area contributed by atoms with Crippen molar-refractivity contribution < 1.29 is 27.2 Å². The average Bonchev–Trinajstić information content (AvgIpc) is 3.02. The molecule has 0 spiro atoms. The lowest BCUT2D eigenvalue weighted by atomic mass is 10.1. The first-order valence-corrected chi connectivity index (χ1v) is 8.53. The van der Waals surface area contributed by atoms with Crippen LogP contribution >= 0.6 is 11.6 Å². The molecule has 1 amide bonds. The summed E-state index contributed by atoms with van der Waals surface area (Å²) in [7, 11) is 0. The van der Waals surface area contributed by atoms with E-state index in [4.69, 9.17) is 11.6 Å². The quantitative estimate of drug-likeness (QED) is 0.486. The van der Waals surface area contributed by atoms with Crippen molar-refractivity contribution in [1.29, 1.82) is 0 Å². The summed E-state index contributed by atoms with van der Waals surface area (Å²) in [5.74, 6) is -1.45. The average molecular weight is 426 g/mol. The maximum atomic E-state index is 14.0. The van der Waals surface area contributed by atoms with Crippen molar-refractivity contribution in [1.82, 2.24) is 15.1 Å². The predicted molar refractivity (Wildman–Crippen MR) is 96.5 cm³/mol. The van der Waals surface area contributed by atoms with Gasteiger partial charge in [0.2, 0.25) is 0 Å². The zero-order chi connectivity index (χ0) is 21.2. The van der Waals surface area contributed by atoms with Gasteiger partial charge in [-0.2, -0.15) is 18.3 Å². The molecule has 1 N–H and O–H groups in total. The van der Waals surface area contributed by atoms with E-state index in [1.807, 2.05) is 0 Å². The number of hydrogen-bond donors (Lipinski definition) is 1. The molecule has 5 nitrogen and oxygen atoms in total. The highest BCUT2D eigenvalue weighted by Gasteiger charge is 2.30. The van der Waals surface area contributed by atoms with Crippen molar-refractivity contribution in [3.8, 4) is 5.69 Å². The molecular weight excluding hydrogens is 414 g/mol. The van der Waals surface area contributed by atoms with Crippen LogP contribution in [0.2, 0.25) is 5.15 Å². The number of aromatic nitrogens is 2. The van der Waals surface area contributed by atoms with Crippen molar-refractivity contribution in [3.05, 3.63) is 81.9 Å². The number of amides is 1. The highest BCUT2D eigenvalue weighted by Crippen LogP contribution is 2.29. The van der Waals surface area contributed by atoms with Gasteiger partial charge in [0, 0.05) is 6.54 Å². The molecule has 0 fully saturated rings. The summed E-state index contributed by atoms with van der Waals surface area (Å²) in [5, 5.41) is 6.12. The van der Waals surface area contributed by atoms with E-state index in [9.17, 15) is 27.2 Å². The summed E-state index contributed by atoms with van der Waals surface area (Å²) in [6, 6.07) is 9.73. The van der Waals surface area contributed by atoms with E-state index in [2.05, 4.69) is 10.4 Å². The molecule has 3 rings (SSSR count). The third-order valence-corrected chi connectivity index (χ3v) is 4.37. The molecule has 0 aliphatic carbocycles. The Bertz CT molecular complexity index is 1060. The van der Waals surface area contributed by atoms with E-state index in [0.29, 0.717) is 11.8 Å². The van der Waals surface area contributed by atoms with Crippen LogP contribution in [0.25, 0.3) is 5.69 Å². The van der Waals surface area contributed by atoms with Crippen molar-refractivity contribution >= 4 is 23.8 Å². The zero-order valence-corrected chi connectivity index (χ0v) is 15.3. The molecule has 1 heterocycles. The fraction of sp³-hybridized carbons (Fsp3) is 0.105. The molecule has 0 bridgehead atoms. The Morgan fingerprint density at radius 1 is 1.14 bits per heavy atom. The number of benzene rings is 2. The van der Waals surface area contributed by atoms with Gasteiger partial charge in [-0.15, -0.1) is 0 Å². The minimum absolute atomic E-state index is 0.0533. The van der Waals surface area contributed by atoms with E-state index >= 15 is 0 Å². The topological polar surface area (TPSA) is 64.0 Å². The number of aldehydes is 1. The molecule has 0 atom stereocenters. The summed E-state index contributed by atoms with van der Waals surface area (Å²) in [5.41, 5.74) is -1.03. The molecular formula is C19H12ClF4N3O2. The summed E-state index contributed by atoms with van der Waals surface area (Å²) in [6.07, 6.45) is -4.14. The smallest absolute Gasteiger partial charge is 0.347 e. The Hall–Kier alpha value is -3.20. The molecule has 0 aliphatic heterocycles. The first-order valence-electron chi connectivity index (χ1n) is 8.15. The van der Waals surface area contributed by atoms with Gasteiger partial charge in [0.1, 0.15) is 16.7 Å². The van der Waals surface area contributed by atoms with Gasteiger partial charge in [-0.1, -0.05) is 35.9 Å². The molecule has 2 aromatic carbocycles. The molecule has 0 aliphatic rings. The monoisotopic (exact) mass is 425 g/mol. The number of alkyl halides is 3. The lowest BCUT2D eigenvalue weighted by Gasteiger charge is -2.08. The third kappa shape index (κ3) is 4.29. The van der Waals surface area contributed by atoms with Gasteiger partial charge in [0.25, 0.3) is 5.91 Å². The minimum atomic E-state index is -4.46. The Morgan fingerprint density at radius 3 is 2.38 bits per heavy atom. The third-order valence-electron chi connectivity index (χ3n) is 4.01. The van der Waals surface area contributed by atoms with E-state index in [1.54, 1.807) is 0 Å². The Balaban J connectivity index is 1.82. The largest absolute Gasteiger partial charge is 0.416 e. The fourth-order valence-corrected chi connectivity index (χ4v) is 2.81. The van der Waals surface area contributed by atoms with Gasteiger partial charge in [0.05, 0.1) is 11.1 Å². The highest BCUT2D eigenvalue weighted by atomic mass is 35.5. The maximum absolute atomic E-state index is 14.0. The standard InChI is InChI=1S/C19H12ClF4N3O2/c20-17-13(10-28)16(26-27(17)15-4-2-1-3-14(15)21)18(29)25-9-11-5-7-12(8-6-11)19(22,23)24/h1-8,10H,9H2,(H,25,29). The van der Waals surface area contributed by atoms with Gasteiger partial charge < -0.3 is 5.32 Å². The fourth-order valence-electron chi connectivity index (χ4n) is 2.54. The van der Waals surface area contributed by atoms with Crippen LogP contribution in [0, 0.1) is 5.82 Å². The second-order valence-corrected chi connectivity index (χ2v) is 6.27. The Kier molecular flexibility index (Phi) is 5.69. The summed E-state index contributed by atoms with van der Waals surface area (Å²) in [6.45, 7) is -0.112. The normalized spacial score (nSPS) is 11.3. The van der Waals surface area contributed by atoms with Crippen LogP contribution in [-0.4, -0.2) is 22.0 Å². The van der Waals surface area contributed by atoms with Gasteiger partial charge in [0.15, 0.2) is 12.0 Å². The van der Waals surface area contributed by atoms with E-state index < -0.39 is 23.5 Å². The summed E-state index contributed by atoms with van der Waals surface area (Å²) < 4.78 is 52.7. The van der Waals surface area contributed by atoms with Crippen molar-refractivity contribution in [3.63, 3.8) is 0 Å². The summed E-state index contributed by atoms with van der Waals surface area (Å²) in [4.78, 5) is 23.8. The number of halogens is 5. The number of hydrogen-bond acceptors (Lipinski definition) is 3. The van der Waals surface area contributed by atoms with Crippen LogP contribution < -0.4 is 5.32 Å². The van der Waals surface area contributed by atoms with Crippen molar-refractivity contribution in [2.45, 2.75) is 12.7 Å². The number of nitrogens with one attached hydrogen (secondary N) is 1. The van der Waals surface area contributed by atoms with Crippen molar-refractivity contribution in [2.24, 2.45) is 0 Å². The van der Waals surface area contributed by atoms with Crippen LogP contribution in [0.3, 0.4) is 0 Å². The number of nitrogens with zero attached hydrogens (tertiary/aromatic N) is 2. The molecule has 0 saturated heterocycles. The van der Waals surface area contributed by atoms with Crippen LogP contribution in [0.1, 0.15) is 32.0 Å². The van der Waals surface area contributed by atoms with Gasteiger partial charge >= 0.3 is 6.18 Å². The van der Waals surface area contributed by atoms with E-state index in [0.717, 1.165) is 22.9 Å². The maximum Gasteiger partial charge on any atom is 0.416 e. The molecule has 29 heavy (non-hydrogen) atoms. The lowest BCUT2D eigenvalue weighted by molar-refractivity contribution is -0.137. The molecule has 150 valence electrons. The van der Waals surface area contributed by atoms with Crippen molar-refractivity contribution in [2.75, 3.05) is 0 Å². The van der Waals surface area contributed by atoms with Crippen LogP contribution in [0.4, 0.5) is 17.6 Å². The van der Waals surface area contributed by atoms with Gasteiger partial charge in [-0.3, -0.25) is 9.59 Å². The molecule has 3 aromatic rings.